The predicted molar refractivity (Wildman–Crippen MR) is 83.6 cm³/mol. The van der Waals surface area contributed by atoms with E-state index >= 15 is 0 Å². The van der Waals surface area contributed by atoms with Crippen LogP contribution in [0.15, 0.2) is 41.8 Å². The van der Waals surface area contributed by atoms with Gasteiger partial charge in [-0.15, -0.1) is 10.2 Å². The molecule has 22 heavy (non-hydrogen) atoms. The number of thioether (sulfide) groups is 1. The number of nitrogens with zero attached hydrogens (tertiary/aromatic N) is 6. The molecule has 0 spiro atoms. The van der Waals surface area contributed by atoms with Crippen LogP contribution in [-0.4, -0.2) is 24.5 Å². The van der Waals surface area contributed by atoms with Crippen LogP contribution in [0, 0.1) is 18.3 Å². The van der Waals surface area contributed by atoms with E-state index in [1.165, 1.54) is 11.8 Å². The zero-order chi connectivity index (χ0) is 15.5. The third kappa shape index (κ3) is 2.61. The van der Waals surface area contributed by atoms with Crippen LogP contribution in [0.25, 0.3) is 5.69 Å². The summed E-state index contributed by atoms with van der Waals surface area (Å²) in [5.74, 6) is 0.602. The zero-order valence-corrected chi connectivity index (χ0v) is 13.1. The molecule has 0 bridgehead atoms. The molecule has 0 atom stereocenters. The van der Waals surface area contributed by atoms with Gasteiger partial charge in [0.25, 0.3) is 0 Å². The van der Waals surface area contributed by atoms with E-state index in [9.17, 15) is 5.26 Å². The van der Waals surface area contributed by atoms with E-state index in [1.54, 1.807) is 6.33 Å². The van der Waals surface area contributed by atoms with Crippen LogP contribution >= 0.6 is 11.8 Å². The minimum Gasteiger partial charge on any atom is -0.312 e. The number of rotatable bonds is 4. The van der Waals surface area contributed by atoms with Gasteiger partial charge in [0.15, 0.2) is 5.16 Å². The van der Waals surface area contributed by atoms with Crippen molar-refractivity contribution in [3.05, 3.63) is 53.6 Å². The van der Waals surface area contributed by atoms with Gasteiger partial charge in [0.2, 0.25) is 0 Å². The molecule has 7 heteroatoms. The normalized spacial score (nSPS) is 10.6. The van der Waals surface area contributed by atoms with Crippen molar-refractivity contribution >= 4 is 11.8 Å². The van der Waals surface area contributed by atoms with Crippen molar-refractivity contribution in [3.63, 3.8) is 0 Å². The first-order valence-corrected chi connectivity index (χ1v) is 7.70. The van der Waals surface area contributed by atoms with Gasteiger partial charge in [-0.05, 0) is 19.1 Å². The molecule has 0 N–H and O–H groups in total. The lowest BCUT2D eigenvalue weighted by molar-refractivity contribution is 0.785. The number of aromatic nitrogens is 5. The van der Waals surface area contributed by atoms with Crippen LogP contribution in [0.4, 0.5) is 0 Å². The zero-order valence-electron chi connectivity index (χ0n) is 12.3. The third-order valence-electron chi connectivity index (χ3n) is 3.28. The van der Waals surface area contributed by atoms with Crippen molar-refractivity contribution in [3.8, 4) is 11.8 Å². The number of para-hydroxylation sites is 1. The Morgan fingerprint density at radius 2 is 2.05 bits per heavy atom. The number of hydrogen-bond donors (Lipinski definition) is 0. The Balaban J connectivity index is 1.98. The van der Waals surface area contributed by atoms with Gasteiger partial charge in [-0.2, -0.15) is 10.4 Å². The van der Waals surface area contributed by atoms with Crippen LogP contribution in [0.2, 0.25) is 0 Å². The quantitative estimate of drug-likeness (QED) is 0.692. The lowest BCUT2D eigenvalue weighted by Crippen LogP contribution is -2.02. The van der Waals surface area contributed by atoms with Crippen molar-refractivity contribution < 1.29 is 0 Å². The van der Waals surface area contributed by atoms with Crippen LogP contribution in [0.1, 0.15) is 17.0 Å². The first-order chi connectivity index (χ1) is 10.7. The molecule has 3 rings (SSSR count). The second kappa shape index (κ2) is 6.03. The summed E-state index contributed by atoms with van der Waals surface area (Å²) in [6.07, 6.45) is 1.66. The molecular weight excluding hydrogens is 296 g/mol. The molecule has 110 valence electrons. The first kappa shape index (κ1) is 14.4. The summed E-state index contributed by atoms with van der Waals surface area (Å²) in [7, 11) is 1.90. The second-order valence-corrected chi connectivity index (χ2v) is 5.72. The maximum absolute atomic E-state index is 9.43. The average Bonchev–Trinajstić information content (AvgIpc) is 3.09. The molecule has 0 saturated heterocycles. The van der Waals surface area contributed by atoms with E-state index in [4.69, 9.17) is 0 Å². The van der Waals surface area contributed by atoms with E-state index < -0.39 is 0 Å². The fraction of sp³-hybridized carbons (Fsp3) is 0.200. The minimum absolute atomic E-state index is 0.602. The van der Waals surface area contributed by atoms with E-state index in [0.29, 0.717) is 11.3 Å². The Hall–Kier alpha value is -2.59. The van der Waals surface area contributed by atoms with Gasteiger partial charge in [0.05, 0.1) is 22.6 Å². The average molecular weight is 310 g/mol. The van der Waals surface area contributed by atoms with Crippen molar-refractivity contribution in [2.24, 2.45) is 7.05 Å². The standard InChI is InChI=1S/C15H14N6S/c1-11-13(8-16)14(9-22-15-18-17-10-20(15)2)21(19-11)12-6-4-3-5-7-12/h3-7,10H,9H2,1-2H3. The molecule has 0 aliphatic rings. The number of benzene rings is 1. The second-order valence-electron chi connectivity index (χ2n) is 4.78. The molecule has 6 nitrogen and oxygen atoms in total. The number of aryl methyl sites for hydroxylation is 2. The summed E-state index contributed by atoms with van der Waals surface area (Å²) >= 11 is 1.54. The topological polar surface area (TPSA) is 72.3 Å². The van der Waals surface area contributed by atoms with E-state index in [-0.39, 0.29) is 0 Å². The van der Waals surface area contributed by atoms with Gasteiger partial charge in [-0.25, -0.2) is 4.68 Å². The van der Waals surface area contributed by atoms with Gasteiger partial charge in [-0.1, -0.05) is 30.0 Å². The molecular formula is C15H14N6S. The van der Waals surface area contributed by atoms with Gasteiger partial charge in [-0.3, -0.25) is 0 Å². The van der Waals surface area contributed by atoms with Gasteiger partial charge in [0, 0.05) is 12.8 Å². The van der Waals surface area contributed by atoms with E-state index in [1.807, 2.05) is 53.6 Å². The van der Waals surface area contributed by atoms with Crippen molar-refractivity contribution in [1.82, 2.24) is 24.5 Å². The monoisotopic (exact) mass is 310 g/mol. The highest BCUT2D eigenvalue weighted by Gasteiger charge is 2.17. The van der Waals surface area contributed by atoms with Gasteiger partial charge >= 0.3 is 0 Å². The van der Waals surface area contributed by atoms with Crippen LogP contribution in [0.3, 0.4) is 0 Å². The Bertz CT molecular complexity index is 828. The summed E-state index contributed by atoms with van der Waals surface area (Å²) in [6.45, 7) is 1.86. The number of nitriles is 1. The summed E-state index contributed by atoms with van der Waals surface area (Å²) < 4.78 is 3.68. The maximum atomic E-state index is 9.43. The summed E-state index contributed by atoms with van der Waals surface area (Å²) in [5, 5.41) is 22.7. The summed E-state index contributed by atoms with van der Waals surface area (Å²) in [5.41, 5.74) is 3.18. The van der Waals surface area contributed by atoms with Crippen molar-refractivity contribution in [2.75, 3.05) is 0 Å². The summed E-state index contributed by atoms with van der Waals surface area (Å²) in [6, 6.07) is 12.1. The molecule has 0 amide bonds. The Kier molecular flexibility index (Phi) is 3.94. The molecule has 0 fully saturated rings. The summed E-state index contributed by atoms with van der Waals surface area (Å²) in [4.78, 5) is 0. The largest absolute Gasteiger partial charge is 0.312 e. The Morgan fingerprint density at radius 1 is 1.27 bits per heavy atom. The van der Waals surface area contributed by atoms with Crippen LogP contribution in [-0.2, 0) is 12.8 Å². The van der Waals surface area contributed by atoms with Gasteiger partial charge in [0.1, 0.15) is 12.4 Å². The SMILES string of the molecule is Cc1nn(-c2ccccc2)c(CSc2nncn2C)c1C#N. The minimum atomic E-state index is 0.602. The predicted octanol–water partition coefficient (Wildman–Crippen LogP) is 2.47. The highest BCUT2D eigenvalue weighted by molar-refractivity contribution is 7.98. The molecule has 0 aliphatic carbocycles. The van der Waals surface area contributed by atoms with E-state index in [0.717, 1.165) is 22.2 Å². The molecule has 1 aromatic carbocycles. The third-order valence-corrected chi connectivity index (χ3v) is 4.32. The smallest absolute Gasteiger partial charge is 0.191 e. The molecule has 2 aromatic heterocycles. The van der Waals surface area contributed by atoms with E-state index in [2.05, 4.69) is 21.4 Å². The molecule has 3 aromatic rings. The maximum Gasteiger partial charge on any atom is 0.191 e. The molecule has 0 radical (unpaired) electrons. The van der Waals surface area contributed by atoms with Crippen molar-refractivity contribution in [2.45, 2.75) is 17.8 Å². The van der Waals surface area contributed by atoms with Crippen LogP contribution in [0.5, 0.6) is 0 Å². The molecule has 0 aliphatic heterocycles. The lowest BCUT2D eigenvalue weighted by atomic mass is 10.2. The first-order valence-electron chi connectivity index (χ1n) is 6.71. The lowest BCUT2D eigenvalue weighted by Gasteiger charge is -2.07. The molecule has 0 saturated carbocycles. The van der Waals surface area contributed by atoms with Crippen molar-refractivity contribution in [1.29, 1.82) is 5.26 Å². The molecule has 0 unspecified atom stereocenters. The fourth-order valence-electron chi connectivity index (χ4n) is 2.17. The highest BCUT2D eigenvalue weighted by atomic mass is 32.2. The molecule has 2 heterocycles. The van der Waals surface area contributed by atoms with Crippen LogP contribution < -0.4 is 0 Å². The Morgan fingerprint density at radius 3 is 2.68 bits per heavy atom. The Labute approximate surface area is 132 Å². The fourth-order valence-corrected chi connectivity index (χ4v) is 3.06. The van der Waals surface area contributed by atoms with Gasteiger partial charge < -0.3 is 4.57 Å². The number of hydrogen-bond acceptors (Lipinski definition) is 5. The highest BCUT2D eigenvalue weighted by Crippen LogP contribution is 2.25.